The van der Waals surface area contributed by atoms with Gasteiger partial charge in [0.05, 0.1) is 26.5 Å². The molecule has 1 heterocycles. The molecule has 1 aliphatic heterocycles. The zero-order chi connectivity index (χ0) is 19.0. The predicted octanol–water partition coefficient (Wildman–Crippen LogP) is 1.41. The Morgan fingerprint density at radius 3 is 2.63 bits per heavy atom. The van der Waals surface area contributed by atoms with Gasteiger partial charge in [-0.1, -0.05) is 0 Å². The SMILES string of the molecule is CCNC(=NCc1ccc(OC)cc1OC)NCCN1CCCS1(=O)=O.I. The fourth-order valence-corrected chi connectivity index (χ4v) is 4.26. The molecule has 0 spiro atoms. The van der Waals surface area contributed by atoms with Gasteiger partial charge in [0.2, 0.25) is 10.0 Å². The molecule has 1 saturated heterocycles. The summed E-state index contributed by atoms with van der Waals surface area (Å²) in [5, 5.41) is 6.35. The number of methoxy groups -OCH3 is 2. The van der Waals surface area contributed by atoms with Gasteiger partial charge in [0.1, 0.15) is 11.5 Å². The van der Waals surface area contributed by atoms with Crippen LogP contribution in [0.4, 0.5) is 0 Å². The van der Waals surface area contributed by atoms with Gasteiger partial charge in [-0.3, -0.25) is 0 Å². The van der Waals surface area contributed by atoms with Crippen molar-refractivity contribution in [1.82, 2.24) is 14.9 Å². The van der Waals surface area contributed by atoms with Crippen LogP contribution in [0.2, 0.25) is 0 Å². The molecule has 8 nitrogen and oxygen atoms in total. The Morgan fingerprint density at radius 1 is 1.26 bits per heavy atom. The third-order valence-electron chi connectivity index (χ3n) is 4.10. The van der Waals surface area contributed by atoms with Crippen LogP contribution in [0.1, 0.15) is 18.9 Å². The number of sulfonamides is 1. The van der Waals surface area contributed by atoms with E-state index < -0.39 is 10.0 Å². The summed E-state index contributed by atoms with van der Waals surface area (Å²) in [4.78, 5) is 4.55. The summed E-state index contributed by atoms with van der Waals surface area (Å²) < 4.78 is 35.8. The predicted molar refractivity (Wildman–Crippen MR) is 118 cm³/mol. The second kappa shape index (κ2) is 11.5. The molecule has 10 heteroatoms. The first-order valence-corrected chi connectivity index (χ1v) is 10.3. The fraction of sp³-hybridized carbons (Fsp3) is 0.588. The van der Waals surface area contributed by atoms with Crippen molar-refractivity contribution in [3.8, 4) is 11.5 Å². The number of hydrogen-bond acceptors (Lipinski definition) is 5. The summed E-state index contributed by atoms with van der Waals surface area (Å²) in [5.41, 5.74) is 0.938. The Morgan fingerprint density at radius 2 is 2.04 bits per heavy atom. The maximum Gasteiger partial charge on any atom is 0.214 e. The molecular weight excluding hydrogens is 483 g/mol. The molecule has 2 rings (SSSR count). The minimum atomic E-state index is -3.06. The molecule has 0 radical (unpaired) electrons. The smallest absolute Gasteiger partial charge is 0.214 e. The molecule has 0 amide bonds. The summed E-state index contributed by atoms with van der Waals surface area (Å²) in [5.74, 6) is 2.33. The van der Waals surface area contributed by atoms with E-state index in [0.29, 0.717) is 50.9 Å². The summed E-state index contributed by atoms with van der Waals surface area (Å²) in [6.07, 6.45) is 0.702. The van der Waals surface area contributed by atoms with Crippen LogP contribution >= 0.6 is 24.0 Å². The highest BCUT2D eigenvalue weighted by Gasteiger charge is 2.27. The number of rotatable bonds is 8. The summed E-state index contributed by atoms with van der Waals surface area (Å²) >= 11 is 0. The number of nitrogens with zero attached hydrogens (tertiary/aromatic N) is 2. The fourth-order valence-electron chi connectivity index (χ4n) is 2.73. The number of benzene rings is 1. The van der Waals surface area contributed by atoms with E-state index in [-0.39, 0.29) is 29.7 Å². The number of ether oxygens (including phenoxy) is 2. The average molecular weight is 512 g/mol. The van der Waals surface area contributed by atoms with E-state index in [9.17, 15) is 8.42 Å². The molecule has 1 aliphatic rings. The number of halogens is 1. The van der Waals surface area contributed by atoms with E-state index >= 15 is 0 Å². The molecule has 0 bridgehead atoms. The van der Waals surface area contributed by atoms with E-state index in [1.54, 1.807) is 14.2 Å². The second-order valence-electron chi connectivity index (χ2n) is 5.87. The Bertz CT molecular complexity index is 728. The lowest BCUT2D eigenvalue weighted by molar-refractivity contribution is 0.391. The highest BCUT2D eigenvalue weighted by Crippen LogP contribution is 2.25. The van der Waals surface area contributed by atoms with Crippen LogP contribution in [-0.2, 0) is 16.6 Å². The van der Waals surface area contributed by atoms with Gasteiger partial charge in [-0.25, -0.2) is 17.7 Å². The Kier molecular flexibility index (Phi) is 10.2. The Hall–Kier alpha value is -1.27. The van der Waals surface area contributed by atoms with E-state index in [0.717, 1.165) is 11.3 Å². The average Bonchev–Trinajstić information content (AvgIpc) is 2.97. The maximum atomic E-state index is 11.8. The minimum absolute atomic E-state index is 0. The van der Waals surface area contributed by atoms with Crippen LogP contribution in [0.25, 0.3) is 0 Å². The lowest BCUT2D eigenvalue weighted by Crippen LogP contribution is -2.42. The maximum absolute atomic E-state index is 11.8. The first-order valence-electron chi connectivity index (χ1n) is 8.71. The van der Waals surface area contributed by atoms with Crippen molar-refractivity contribution >= 4 is 40.0 Å². The van der Waals surface area contributed by atoms with Crippen molar-refractivity contribution in [3.05, 3.63) is 23.8 Å². The lowest BCUT2D eigenvalue weighted by Gasteiger charge is -2.16. The standard InChI is InChI=1S/C17H28N4O4S.HI/c1-4-18-17(19-8-10-21-9-5-11-26(21,22)23)20-13-14-6-7-15(24-2)12-16(14)25-3;/h6-7,12H,4-5,8-11,13H2,1-3H3,(H2,18,19,20);1H. The van der Waals surface area contributed by atoms with Crippen molar-refractivity contribution in [2.45, 2.75) is 19.9 Å². The molecule has 0 atom stereocenters. The highest BCUT2D eigenvalue weighted by atomic mass is 127. The third-order valence-corrected chi connectivity index (χ3v) is 6.06. The van der Waals surface area contributed by atoms with Crippen molar-refractivity contribution in [2.24, 2.45) is 4.99 Å². The Labute approximate surface area is 178 Å². The van der Waals surface area contributed by atoms with Crippen molar-refractivity contribution in [1.29, 1.82) is 0 Å². The molecular formula is C17H29IN4O4S. The molecule has 0 unspecified atom stereocenters. The van der Waals surface area contributed by atoms with Crippen LogP contribution in [0.15, 0.2) is 23.2 Å². The van der Waals surface area contributed by atoms with Crippen molar-refractivity contribution in [2.75, 3.05) is 46.2 Å². The van der Waals surface area contributed by atoms with Gasteiger partial charge in [-0.2, -0.15) is 0 Å². The van der Waals surface area contributed by atoms with Crippen LogP contribution in [-0.4, -0.2) is 64.8 Å². The molecule has 2 N–H and O–H groups in total. The van der Waals surface area contributed by atoms with Crippen LogP contribution in [0.5, 0.6) is 11.5 Å². The molecule has 27 heavy (non-hydrogen) atoms. The first kappa shape index (κ1) is 23.8. The van der Waals surface area contributed by atoms with E-state index in [2.05, 4.69) is 15.6 Å². The largest absolute Gasteiger partial charge is 0.497 e. The van der Waals surface area contributed by atoms with E-state index in [1.807, 2.05) is 25.1 Å². The van der Waals surface area contributed by atoms with E-state index in [1.165, 1.54) is 4.31 Å². The molecule has 0 aromatic heterocycles. The van der Waals surface area contributed by atoms with Gasteiger partial charge in [-0.15, -0.1) is 24.0 Å². The topological polar surface area (TPSA) is 92.3 Å². The number of guanidine groups is 1. The van der Waals surface area contributed by atoms with Crippen LogP contribution in [0.3, 0.4) is 0 Å². The van der Waals surface area contributed by atoms with Gasteiger partial charge >= 0.3 is 0 Å². The monoisotopic (exact) mass is 512 g/mol. The van der Waals surface area contributed by atoms with Gasteiger partial charge in [-0.05, 0) is 25.5 Å². The zero-order valence-corrected chi connectivity index (χ0v) is 19.2. The molecule has 1 aromatic rings. The summed E-state index contributed by atoms with van der Waals surface area (Å²) in [6.45, 7) is 4.68. The highest BCUT2D eigenvalue weighted by molar-refractivity contribution is 14.0. The minimum Gasteiger partial charge on any atom is -0.497 e. The molecule has 0 aliphatic carbocycles. The van der Waals surface area contributed by atoms with Gasteiger partial charge in [0.25, 0.3) is 0 Å². The molecule has 154 valence electrons. The third kappa shape index (κ3) is 7.00. The second-order valence-corrected chi connectivity index (χ2v) is 7.96. The molecule has 0 saturated carbocycles. The van der Waals surface area contributed by atoms with E-state index in [4.69, 9.17) is 9.47 Å². The van der Waals surface area contributed by atoms with Crippen LogP contribution in [0, 0.1) is 0 Å². The van der Waals surface area contributed by atoms with Crippen LogP contribution < -0.4 is 20.1 Å². The summed E-state index contributed by atoms with van der Waals surface area (Å²) in [6, 6.07) is 5.61. The quantitative estimate of drug-likeness (QED) is 0.311. The lowest BCUT2D eigenvalue weighted by atomic mass is 10.2. The normalized spacial score (nSPS) is 16.5. The number of aliphatic imine (C=N–C) groups is 1. The zero-order valence-electron chi connectivity index (χ0n) is 16.0. The molecule has 1 aromatic carbocycles. The van der Waals surface area contributed by atoms with Crippen molar-refractivity contribution in [3.63, 3.8) is 0 Å². The first-order chi connectivity index (χ1) is 12.5. The summed E-state index contributed by atoms with van der Waals surface area (Å²) in [7, 11) is 0.161. The van der Waals surface area contributed by atoms with Gasteiger partial charge < -0.3 is 20.1 Å². The van der Waals surface area contributed by atoms with Gasteiger partial charge in [0, 0.05) is 37.8 Å². The van der Waals surface area contributed by atoms with Crippen molar-refractivity contribution < 1.29 is 17.9 Å². The van der Waals surface area contributed by atoms with Gasteiger partial charge in [0.15, 0.2) is 5.96 Å². The molecule has 1 fully saturated rings. The number of hydrogen-bond donors (Lipinski definition) is 2. The number of nitrogens with one attached hydrogen (secondary N) is 2. The Balaban J connectivity index is 0.00000364.